The largest absolute Gasteiger partial charge is 0.349 e. The molecule has 0 saturated carbocycles. The Morgan fingerprint density at radius 3 is 2.47 bits per heavy atom. The molecule has 2 aromatic carbocycles. The van der Waals surface area contributed by atoms with Gasteiger partial charge in [0.05, 0.1) is 16.9 Å². The van der Waals surface area contributed by atoms with Crippen LogP contribution in [0.4, 0.5) is 5.69 Å². The van der Waals surface area contributed by atoms with E-state index in [1.807, 2.05) is 18.2 Å². The summed E-state index contributed by atoms with van der Waals surface area (Å²) in [6.45, 7) is 4.68. The maximum absolute atomic E-state index is 12.9. The molecule has 1 N–H and O–H groups in total. The molecule has 1 fully saturated rings. The Hall–Kier alpha value is -2.71. The zero-order valence-corrected chi connectivity index (χ0v) is 19.3. The van der Waals surface area contributed by atoms with Gasteiger partial charge in [-0.3, -0.25) is 9.59 Å². The van der Waals surface area contributed by atoms with Crippen LogP contribution in [-0.4, -0.2) is 44.2 Å². The number of nitrogens with zero attached hydrogens (tertiary/aromatic N) is 2. The molecular weight excluding hydrogens is 426 g/mol. The van der Waals surface area contributed by atoms with Crippen molar-refractivity contribution in [3.8, 4) is 0 Å². The van der Waals surface area contributed by atoms with E-state index >= 15 is 0 Å². The highest BCUT2D eigenvalue weighted by Gasteiger charge is 2.37. The van der Waals surface area contributed by atoms with Crippen LogP contribution in [0.15, 0.2) is 53.4 Å². The summed E-state index contributed by atoms with van der Waals surface area (Å²) in [6, 6.07) is 14.5. The summed E-state index contributed by atoms with van der Waals surface area (Å²) >= 11 is 0. The Bertz CT molecular complexity index is 1110. The second-order valence-electron chi connectivity index (χ2n) is 8.29. The minimum atomic E-state index is -3.55. The van der Waals surface area contributed by atoms with E-state index in [9.17, 15) is 18.0 Å². The quantitative estimate of drug-likeness (QED) is 0.696. The molecule has 1 aliphatic heterocycles. The number of amides is 2. The number of hydrogen-bond acceptors (Lipinski definition) is 4. The summed E-state index contributed by atoms with van der Waals surface area (Å²) in [4.78, 5) is 27.3. The third-order valence-corrected chi connectivity index (χ3v) is 8.50. The standard InChI is InChI=1S/C24H29N3O4S/c1-3-26(4-2)32(30,31)20-12-10-19(11-13-20)27-16-18(15-23(27)28)24(29)25-22-14-9-17-7-5-6-8-21(17)22/h5-8,10-13,18,22H,3-4,9,14-16H2,1-2H3,(H,25,29). The predicted octanol–water partition coefficient (Wildman–Crippen LogP) is 2.87. The lowest BCUT2D eigenvalue weighted by Crippen LogP contribution is -2.35. The molecule has 2 aliphatic rings. The van der Waals surface area contributed by atoms with Crippen molar-refractivity contribution in [2.24, 2.45) is 5.92 Å². The Labute approximate surface area is 189 Å². The van der Waals surface area contributed by atoms with Crippen molar-refractivity contribution in [1.29, 1.82) is 0 Å². The van der Waals surface area contributed by atoms with E-state index in [0.29, 0.717) is 25.3 Å². The number of hydrogen-bond donors (Lipinski definition) is 1. The van der Waals surface area contributed by atoms with Gasteiger partial charge in [0.25, 0.3) is 0 Å². The van der Waals surface area contributed by atoms with Crippen molar-refractivity contribution in [2.45, 2.75) is 44.0 Å². The second-order valence-corrected chi connectivity index (χ2v) is 10.2. The molecule has 2 aromatic rings. The van der Waals surface area contributed by atoms with Crippen molar-refractivity contribution in [3.05, 3.63) is 59.7 Å². The van der Waals surface area contributed by atoms with E-state index in [2.05, 4.69) is 11.4 Å². The first kappa shape index (κ1) is 22.5. The van der Waals surface area contributed by atoms with E-state index in [1.165, 1.54) is 22.0 Å². The van der Waals surface area contributed by atoms with Crippen LogP contribution < -0.4 is 10.2 Å². The summed E-state index contributed by atoms with van der Waals surface area (Å²) in [5.74, 6) is -0.658. The molecule has 1 heterocycles. The minimum absolute atomic E-state index is 0.00702. The summed E-state index contributed by atoms with van der Waals surface area (Å²) < 4.78 is 26.7. The van der Waals surface area contributed by atoms with Crippen LogP contribution in [0.3, 0.4) is 0 Å². The Morgan fingerprint density at radius 1 is 1.09 bits per heavy atom. The number of rotatable bonds is 7. The first-order valence-corrected chi connectivity index (χ1v) is 12.6. The van der Waals surface area contributed by atoms with E-state index in [0.717, 1.165) is 18.4 Å². The third-order valence-electron chi connectivity index (χ3n) is 6.44. The zero-order chi connectivity index (χ0) is 22.9. The second kappa shape index (κ2) is 9.03. The van der Waals surface area contributed by atoms with Gasteiger partial charge in [-0.15, -0.1) is 0 Å². The van der Waals surface area contributed by atoms with Crippen molar-refractivity contribution in [1.82, 2.24) is 9.62 Å². The number of anilines is 1. The molecule has 2 amide bonds. The van der Waals surface area contributed by atoms with Crippen molar-refractivity contribution >= 4 is 27.5 Å². The first-order valence-electron chi connectivity index (χ1n) is 11.1. The molecule has 170 valence electrons. The molecular formula is C24H29N3O4S. The van der Waals surface area contributed by atoms with Gasteiger partial charge in [0.2, 0.25) is 21.8 Å². The summed E-state index contributed by atoms with van der Waals surface area (Å²) in [7, 11) is -3.55. The smallest absolute Gasteiger partial charge is 0.243 e. The molecule has 0 radical (unpaired) electrons. The van der Waals surface area contributed by atoms with Gasteiger partial charge in [-0.1, -0.05) is 38.1 Å². The normalized spacial score (nSPS) is 20.6. The number of carbonyl (C=O) groups excluding carboxylic acids is 2. The molecule has 0 bridgehead atoms. The average molecular weight is 456 g/mol. The van der Waals surface area contributed by atoms with Crippen LogP contribution in [0.5, 0.6) is 0 Å². The van der Waals surface area contributed by atoms with Crippen LogP contribution in [0, 0.1) is 5.92 Å². The summed E-state index contributed by atoms with van der Waals surface area (Å²) in [6.07, 6.45) is 1.97. The SMILES string of the molecule is CCN(CC)S(=O)(=O)c1ccc(N2CC(C(=O)NC3CCc4ccccc43)CC2=O)cc1. The zero-order valence-electron chi connectivity index (χ0n) is 18.5. The van der Waals surface area contributed by atoms with Gasteiger partial charge >= 0.3 is 0 Å². The van der Waals surface area contributed by atoms with Gasteiger partial charge in [-0.25, -0.2) is 8.42 Å². The average Bonchev–Trinajstić information content (AvgIpc) is 3.38. The van der Waals surface area contributed by atoms with Crippen molar-refractivity contribution < 1.29 is 18.0 Å². The van der Waals surface area contributed by atoms with Gasteiger partial charge in [-0.2, -0.15) is 4.31 Å². The maximum Gasteiger partial charge on any atom is 0.243 e. The Morgan fingerprint density at radius 2 is 1.78 bits per heavy atom. The van der Waals surface area contributed by atoms with E-state index in [4.69, 9.17) is 0 Å². The number of carbonyl (C=O) groups is 2. The first-order chi connectivity index (χ1) is 15.3. The Balaban J connectivity index is 1.43. The topological polar surface area (TPSA) is 86.8 Å². The molecule has 7 nitrogen and oxygen atoms in total. The number of benzene rings is 2. The summed E-state index contributed by atoms with van der Waals surface area (Å²) in [5, 5.41) is 3.12. The lowest BCUT2D eigenvalue weighted by Gasteiger charge is -2.20. The maximum atomic E-state index is 12.9. The highest BCUT2D eigenvalue weighted by molar-refractivity contribution is 7.89. The fourth-order valence-corrected chi connectivity index (χ4v) is 6.10. The molecule has 1 saturated heterocycles. The van der Waals surface area contributed by atoms with Crippen LogP contribution in [0.1, 0.15) is 43.9 Å². The third kappa shape index (κ3) is 4.17. The highest BCUT2D eigenvalue weighted by Crippen LogP contribution is 2.32. The molecule has 1 aliphatic carbocycles. The van der Waals surface area contributed by atoms with Crippen molar-refractivity contribution in [3.63, 3.8) is 0 Å². The van der Waals surface area contributed by atoms with E-state index in [1.54, 1.807) is 30.9 Å². The van der Waals surface area contributed by atoms with Gasteiger partial charge < -0.3 is 10.2 Å². The number of fused-ring (bicyclic) bond motifs is 1. The Kier molecular flexibility index (Phi) is 6.35. The fourth-order valence-electron chi connectivity index (χ4n) is 4.64. The van der Waals surface area contributed by atoms with Gasteiger partial charge in [0.15, 0.2) is 0 Å². The van der Waals surface area contributed by atoms with Crippen LogP contribution in [-0.2, 0) is 26.0 Å². The lowest BCUT2D eigenvalue weighted by atomic mass is 10.1. The molecule has 0 aromatic heterocycles. The highest BCUT2D eigenvalue weighted by atomic mass is 32.2. The van der Waals surface area contributed by atoms with Gasteiger partial charge in [0.1, 0.15) is 0 Å². The van der Waals surface area contributed by atoms with Crippen LogP contribution in [0.25, 0.3) is 0 Å². The van der Waals surface area contributed by atoms with E-state index in [-0.39, 0.29) is 29.2 Å². The summed E-state index contributed by atoms with van der Waals surface area (Å²) in [5.41, 5.74) is 3.03. The number of sulfonamides is 1. The van der Waals surface area contributed by atoms with E-state index < -0.39 is 15.9 Å². The predicted molar refractivity (Wildman–Crippen MR) is 123 cm³/mol. The monoisotopic (exact) mass is 455 g/mol. The molecule has 0 spiro atoms. The molecule has 2 unspecified atom stereocenters. The number of aryl methyl sites for hydroxylation is 1. The van der Waals surface area contributed by atoms with Crippen molar-refractivity contribution in [2.75, 3.05) is 24.5 Å². The lowest BCUT2D eigenvalue weighted by molar-refractivity contribution is -0.127. The number of nitrogens with one attached hydrogen (secondary N) is 1. The molecule has 2 atom stereocenters. The minimum Gasteiger partial charge on any atom is -0.349 e. The van der Waals surface area contributed by atoms with Crippen LogP contribution >= 0.6 is 0 Å². The molecule has 32 heavy (non-hydrogen) atoms. The van der Waals surface area contributed by atoms with Gasteiger partial charge in [-0.05, 0) is 48.2 Å². The molecule has 8 heteroatoms. The molecule has 4 rings (SSSR count). The van der Waals surface area contributed by atoms with Gasteiger partial charge in [0, 0.05) is 31.7 Å². The van der Waals surface area contributed by atoms with Crippen LogP contribution in [0.2, 0.25) is 0 Å². The fraction of sp³-hybridized carbons (Fsp3) is 0.417.